The van der Waals surface area contributed by atoms with Crippen LogP contribution < -0.4 is 11.5 Å². The van der Waals surface area contributed by atoms with Gasteiger partial charge in [-0.2, -0.15) is 0 Å². The van der Waals surface area contributed by atoms with Crippen LogP contribution in [-0.4, -0.2) is 4.98 Å². The standard InChI is InChI=1S/C7H10BrN3/c1-4(9)6-2-5(10)3-11-7(6)8/h2-4H,9-10H2,1H3. The van der Waals surface area contributed by atoms with E-state index in [1.54, 1.807) is 6.20 Å². The topological polar surface area (TPSA) is 64.9 Å². The Morgan fingerprint density at radius 3 is 2.73 bits per heavy atom. The maximum atomic E-state index is 5.66. The predicted molar refractivity (Wildman–Crippen MR) is 49.0 cm³/mol. The van der Waals surface area contributed by atoms with Crippen molar-refractivity contribution in [2.75, 3.05) is 5.73 Å². The highest BCUT2D eigenvalue weighted by Gasteiger charge is 2.05. The van der Waals surface area contributed by atoms with Crippen LogP contribution in [0.15, 0.2) is 16.9 Å². The van der Waals surface area contributed by atoms with Gasteiger partial charge in [0.05, 0.1) is 11.9 Å². The Hall–Kier alpha value is -0.610. The Bertz CT molecular complexity index is 260. The minimum Gasteiger partial charge on any atom is -0.397 e. The second kappa shape index (κ2) is 3.19. The second-order valence-electron chi connectivity index (χ2n) is 2.44. The maximum Gasteiger partial charge on any atom is 0.110 e. The molecule has 1 aromatic rings. The molecule has 0 amide bonds. The summed E-state index contributed by atoms with van der Waals surface area (Å²) in [4.78, 5) is 4.01. The zero-order chi connectivity index (χ0) is 8.43. The molecule has 0 aliphatic heterocycles. The summed E-state index contributed by atoms with van der Waals surface area (Å²) in [6.07, 6.45) is 1.59. The second-order valence-corrected chi connectivity index (χ2v) is 3.19. The summed E-state index contributed by atoms with van der Waals surface area (Å²) < 4.78 is 0.765. The van der Waals surface area contributed by atoms with Gasteiger partial charge in [-0.1, -0.05) is 0 Å². The molecule has 0 aliphatic rings. The number of anilines is 1. The molecular weight excluding hydrogens is 206 g/mol. The van der Waals surface area contributed by atoms with Gasteiger partial charge in [0.1, 0.15) is 4.60 Å². The van der Waals surface area contributed by atoms with E-state index < -0.39 is 0 Å². The van der Waals surface area contributed by atoms with Crippen LogP contribution in [0.1, 0.15) is 18.5 Å². The summed E-state index contributed by atoms with van der Waals surface area (Å²) in [5, 5.41) is 0. The first-order valence-electron chi connectivity index (χ1n) is 3.27. The van der Waals surface area contributed by atoms with E-state index in [1.165, 1.54) is 0 Å². The maximum absolute atomic E-state index is 5.66. The van der Waals surface area contributed by atoms with Crippen molar-refractivity contribution in [2.45, 2.75) is 13.0 Å². The van der Waals surface area contributed by atoms with Gasteiger partial charge in [-0.15, -0.1) is 0 Å². The lowest BCUT2D eigenvalue weighted by Gasteiger charge is -2.07. The summed E-state index contributed by atoms with van der Waals surface area (Å²) in [6, 6.07) is 1.78. The number of nitrogens with two attached hydrogens (primary N) is 2. The molecule has 1 heterocycles. The van der Waals surface area contributed by atoms with Crippen LogP contribution in [0.5, 0.6) is 0 Å². The molecule has 1 atom stereocenters. The quantitative estimate of drug-likeness (QED) is 0.698. The third kappa shape index (κ3) is 1.91. The molecular formula is C7H10BrN3. The van der Waals surface area contributed by atoms with E-state index in [-0.39, 0.29) is 6.04 Å². The molecule has 0 fully saturated rings. The van der Waals surface area contributed by atoms with Gasteiger partial charge in [-0.05, 0) is 28.9 Å². The molecule has 4 heteroatoms. The first-order valence-corrected chi connectivity index (χ1v) is 4.07. The molecule has 0 bridgehead atoms. The van der Waals surface area contributed by atoms with Gasteiger partial charge >= 0.3 is 0 Å². The van der Waals surface area contributed by atoms with Crippen molar-refractivity contribution in [3.63, 3.8) is 0 Å². The number of aromatic nitrogens is 1. The minimum atomic E-state index is -0.0413. The van der Waals surface area contributed by atoms with Gasteiger partial charge < -0.3 is 11.5 Å². The first kappa shape index (κ1) is 8.49. The highest BCUT2D eigenvalue weighted by atomic mass is 79.9. The molecule has 0 saturated heterocycles. The summed E-state index contributed by atoms with van der Waals surface area (Å²) in [7, 11) is 0. The average molecular weight is 216 g/mol. The molecule has 0 radical (unpaired) electrons. The summed E-state index contributed by atoms with van der Waals surface area (Å²) >= 11 is 3.28. The Balaban J connectivity index is 3.13. The van der Waals surface area contributed by atoms with Gasteiger partial charge in [-0.3, -0.25) is 0 Å². The van der Waals surface area contributed by atoms with E-state index >= 15 is 0 Å². The number of hydrogen-bond donors (Lipinski definition) is 2. The third-order valence-corrected chi connectivity index (χ3v) is 2.04. The highest BCUT2D eigenvalue weighted by Crippen LogP contribution is 2.20. The molecule has 1 aromatic heterocycles. The minimum absolute atomic E-state index is 0.0413. The Morgan fingerprint density at radius 2 is 2.27 bits per heavy atom. The molecule has 3 nitrogen and oxygen atoms in total. The first-order chi connectivity index (χ1) is 5.11. The van der Waals surface area contributed by atoms with Crippen molar-refractivity contribution in [1.82, 2.24) is 4.98 Å². The fourth-order valence-electron chi connectivity index (χ4n) is 0.801. The zero-order valence-electron chi connectivity index (χ0n) is 6.21. The molecule has 4 N–H and O–H groups in total. The Kier molecular flexibility index (Phi) is 2.46. The lowest BCUT2D eigenvalue weighted by Crippen LogP contribution is -2.07. The molecule has 0 spiro atoms. The van der Waals surface area contributed by atoms with Gasteiger partial charge in [0, 0.05) is 11.6 Å². The van der Waals surface area contributed by atoms with Crippen LogP contribution in [0.3, 0.4) is 0 Å². The van der Waals surface area contributed by atoms with Crippen LogP contribution in [0.4, 0.5) is 5.69 Å². The Morgan fingerprint density at radius 1 is 1.64 bits per heavy atom. The normalized spacial score (nSPS) is 13.0. The van der Waals surface area contributed by atoms with Crippen LogP contribution in [0.2, 0.25) is 0 Å². The molecule has 0 aromatic carbocycles. The van der Waals surface area contributed by atoms with Crippen molar-refractivity contribution >= 4 is 21.6 Å². The summed E-state index contributed by atoms with van der Waals surface area (Å²) in [6.45, 7) is 1.89. The van der Waals surface area contributed by atoms with E-state index in [0.717, 1.165) is 10.2 Å². The molecule has 1 unspecified atom stereocenters. The van der Waals surface area contributed by atoms with E-state index in [0.29, 0.717) is 5.69 Å². The number of rotatable bonds is 1. The smallest absolute Gasteiger partial charge is 0.110 e. The molecule has 11 heavy (non-hydrogen) atoms. The lowest BCUT2D eigenvalue weighted by atomic mass is 10.1. The van der Waals surface area contributed by atoms with Gasteiger partial charge in [-0.25, -0.2) is 4.98 Å². The zero-order valence-corrected chi connectivity index (χ0v) is 7.80. The number of halogens is 1. The predicted octanol–water partition coefficient (Wildman–Crippen LogP) is 1.45. The van der Waals surface area contributed by atoms with Crippen LogP contribution in [0, 0.1) is 0 Å². The van der Waals surface area contributed by atoms with Gasteiger partial charge in [0.15, 0.2) is 0 Å². The third-order valence-electron chi connectivity index (χ3n) is 1.38. The van der Waals surface area contributed by atoms with E-state index in [4.69, 9.17) is 11.5 Å². The molecule has 0 saturated carbocycles. The van der Waals surface area contributed by atoms with E-state index in [2.05, 4.69) is 20.9 Å². The summed E-state index contributed by atoms with van der Waals surface area (Å²) in [5.74, 6) is 0. The fourth-order valence-corrected chi connectivity index (χ4v) is 1.38. The number of nitrogen functional groups attached to an aromatic ring is 1. The lowest BCUT2D eigenvalue weighted by molar-refractivity contribution is 0.805. The van der Waals surface area contributed by atoms with Crippen LogP contribution in [0.25, 0.3) is 0 Å². The van der Waals surface area contributed by atoms with Crippen molar-refractivity contribution in [2.24, 2.45) is 5.73 Å². The largest absolute Gasteiger partial charge is 0.397 e. The summed E-state index contributed by atoms with van der Waals surface area (Å²) in [5.41, 5.74) is 12.8. The van der Waals surface area contributed by atoms with Crippen LogP contribution >= 0.6 is 15.9 Å². The number of hydrogen-bond acceptors (Lipinski definition) is 3. The molecule has 0 aliphatic carbocycles. The van der Waals surface area contributed by atoms with E-state index in [1.807, 2.05) is 13.0 Å². The SMILES string of the molecule is CC(N)c1cc(N)cnc1Br. The average Bonchev–Trinajstić information content (AvgIpc) is 1.94. The fraction of sp³-hybridized carbons (Fsp3) is 0.286. The van der Waals surface area contributed by atoms with Crippen molar-refractivity contribution in [3.05, 3.63) is 22.4 Å². The Labute approximate surface area is 73.9 Å². The highest BCUT2D eigenvalue weighted by molar-refractivity contribution is 9.10. The number of nitrogens with zero attached hydrogens (tertiary/aromatic N) is 1. The number of pyridine rings is 1. The molecule has 1 rings (SSSR count). The molecule has 60 valence electrons. The van der Waals surface area contributed by atoms with Crippen molar-refractivity contribution in [1.29, 1.82) is 0 Å². The monoisotopic (exact) mass is 215 g/mol. The van der Waals surface area contributed by atoms with E-state index in [9.17, 15) is 0 Å². The van der Waals surface area contributed by atoms with Crippen molar-refractivity contribution < 1.29 is 0 Å². The van der Waals surface area contributed by atoms with Crippen LogP contribution in [-0.2, 0) is 0 Å². The van der Waals surface area contributed by atoms with Crippen molar-refractivity contribution in [3.8, 4) is 0 Å². The van der Waals surface area contributed by atoms with Gasteiger partial charge in [0.25, 0.3) is 0 Å². The van der Waals surface area contributed by atoms with Gasteiger partial charge in [0.2, 0.25) is 0 Å².